The molecule has 5 nitrogen and oxygen atoms in total. The molecule has 2 aromatic rings. The van der Waals surface area contributed by atoms with E-state index < -0.39 is 0 Å². The minimum atomic E-state index is -0.237. The van der Waals surface area contributed by atoms with E-state index in [2.05, 4.69) is 9.97 Å². The van der Waals surface area contributed by atoms with Crippen LogP contribution in [0.2, 0.25) is 0 Å². The minimum absolute atomic E-state index is 0.0428. The van der Waals surface area contributed by atoms with Crippen molar-refractivity contribution < 1.29 is 9.90 Å². The molecule has 5 heteroatoms. The molecule has 3 heterocycles. The topological polar surface area (TPSA) is 66.3 Å². The van der Waals surface area contributed by atoms with E-state index in [1.54, 1.807) is 11.0 Å². The van der Waals surface area contributed by atoms with E-state index in [1.165, 1.54) is 12.3 Å². The van der Waals surface area contributed by atoms with Crippen molar-refractivity contribution >= 4 is 5.91 Å². The Bertz CT molecular complexity index is 672. The summed E-state index contributed by atoms with van der Waals surface area (Å²) in [5.74, 6) is -0.316. The molecule has 1 saturated heterocycles. The second kappa shape index (κ2) is 5.52. The van der Waals surface area contributed by atoms with Crippen LogP contribution >= 0.6 is 0 Å². The van der Waals surface area contributed by atoms with Crippen molar-refractivity contribution in [1.82, 2.24) is 14.9 Å². The van der Waals surface area contributed by atoms with Gasteiger partial charge in [0, 0.05) is 18.4 Å². The lowest BCUT2D eigenvalue weighted by Crippen LogP contribution is -2.31. The maximum absolute atomic E-state index is 12.6. The monoisotopic (exact) mass is 283 g/mol. The van der Waals surface area contributed by atoms with Crippen molar-refractivity contribution in [2.45, 2.75) is 25.8 Å². The van der Waals surface area contributed by atoms with Gasteiger partial charge in [-0.3, -0.25) is 9.78 Å². The average molecular weight is 283 g/mol. The molecule has 21 heavy (non-hydrogen) atoms. The average Bonchev–Trinajstić information content (AvgIpc) is 2.96. The summed E-state index contributed by atoms with van der Waals surface area (Å²) in [5.41, 5.74) is 1.95. The van der Waals surface area contributed by atoms with Gasteiger partial charge in [-0.1, -0.05) is 6.07 Å². The van der Waals surface area contributed by atoms with Gasteiger partial charge in [0.1, 0.15) is 5.75 Å². The molecule has 1 atom stereocenters. The van der Waals surface area contributed by atoms with Crippen molar-refractivity contribution in [3.8, 4) is 5.75 Å². The summed E-state index contributed by atoms with van der Waals surface area (Å²) in [6.07, 6.45) is 3.33. The van der Waals surface area contributed by atoms with Crippen molar-refractivity contribution in [2.24, 2.45) is 0 Å². The molecule has 0 aromatic carbocycles. The van der Waals surface area contributed by atoms with Crippen LogP contribution in [0.15, 0.2) is 36.5 Å². The summed E-state index contributed by atoms with van der Waals surface area (Å²) in [7, 11) is 0. The summed E-state index contributed by atoms with van der Waals surface area (Å²) >= 11 is 0. The number of amides is 1. The first kappa shape index (κ1) is 13.5. The van der Waals surface area contributed by atoms with Crippen LogP contribution in [0.1, 0.15) is 40.8 Å². The minimum Gasteiger partial charge on any atom is -0.505 e. The molecule has 0 aliphatic carbocycles. The highest BCUT2D eigenvalue weighted by Crippen LogP contribution is 2.32. The fraction of sp³-hybridized carbons (Fsp3) is 0.312. The standard InChI is InChI=1S/C16H17N3O2/c1-11-5-2-6-12(18-11)13-7-4-10-19(13)16(21)15-14(20)8-3-9-17-15/h2-3,5-6,8-9,13,20H,4,7,10H2,1H3/t13-/m1/s1. The molecule has 3 rings (SSSR count). The number of carbonyl (C=O) groups excluding carboxylic acids is 1. The van der Waals surface area contributed by atoms with Gasteiger partial charge >= 0.3 is 0 Å². The lowest BCUT2D eigenvalue weighted by Gasteiger charge is -2.24. The SMILES string of the molecule is Cc1cccc([C@H]2CCCN2C(=O)c2ncccc2O)n1. The molecule has 0 saturated carbocycles. The summed E-state index contributed by atoms with van der Waals surface area (Å²) in [6.45, 7) is 2.60. The summed E-state index contributed by atoms with van der Waals surface area (Å²) in [4.78, 5) is 22.9. The Morgan fingerprint density at radius 1 is 1.33 bits per heavy atom. The van der Waals surface area contributed by atoms with Crippen LogP contribution in [0.5, 0.6) is 5.75 Å². The smallest absolute Gasteiger partial charge is 0.276 e. The second-order valence-electron chi connectivity index (χ2n) is 5.23. The van der Waals surface area contributed by atoms with E-state index in [4.69, 9.17) is 0 Å². The number of likely N-dealkylation sites (tertiary alicyclic amines) is 1. The van der Waals surface area contributed by atoms with Crippen LogP contribution in [0.25, 0.3) is 0 Å². The van der Waals surface area contributed by atoms with Gasteiger partial charge in [-0.25, -0.2) is 4.98 Å². The van der Waals surface area contributed by atoms with E-state index in [9.17, 15) is 9.90 Å². The van der Waals surface area contributed by atoms with E-state index in [1.807, 2.05) is 25.1 Å². The highest BCUT2D eigenvalue weighted by atomic mass is 16.3. The molecule has 0 spiro atoms. The largest absolute Gasteiger partial charge is 0.505 e. The van der Waals surface area contributed by atoms with Crippen molar-refractivity contribution in [3.05, 3.63) is 53.6 Å². The van der Waals surface area contributed by atoms with Gasteiger partial charge < -0.3 is 10.0 Å². The van der Waals surface area contributed by atoms with Crippen LogP contribution in [-0.2, 0) is 0 Å². The number of hydrogen-bond acceptors (Lipinski definition) is 4. The highest BCUT2D eigenvalue weighted by molar-refractivity contribution is 5.95. The summed E-state index contributed by atoms with van der Waals surface area (Å²) < 4.78 is 0. The van der Waals surface area contributed by atoms with Gasteiger partial charge in [-0.15, -0.1) is 0 Å². The summed E-state index contributed by atoms with van der Waals surface area (Å²) in [6, 6.07) is 8.89. The zero-order chi connectivity index (χ0) is 14.8. The maximum Gasteiger partial charge on any atom is 0.276 e. The highest BCUT2D eigenvalue weighted by Gasteiger charge is 2.33. The van der Waals surface area contributed by atoms with Gasteiger partial charge in [0.05, 0.1) is 11.7 Å². The Hall–Kier alpha value is -2.43. The van der Waals surface area contributed by atoms with Crippen LogP contribution in [-0.4, -0.2) is 32.4 Å². The van der Waals surface area contributed by atoms with Gasteiger partial charge in [-0.05, 0) is 44.0 Å². The van der Waals surface area contributed by atoms with Crippen LogP contribution < -0.4 is 0 Å². The first-order valence-corrected chi connectivity index (χ1v) is 7.05. The molecule has 108 valence electrons. The lowest BCUT2D eigenvalue weighted by molar-refractivity contribution is 0.0723. The van der Waals surface area contributed by atoms with Crippen molar-refractivity contribution in [2.75, 3.05) is 6.54 Å². The number of aryl methyl sites for hydroxylation is 1. The fourth-order valence-corrected chi connectivity index (χ4v) is 2.76. The number of aromatic nitrogens is 2. The van der Waals surface area contributed by atoms with Gasteiger partial charge in [0.25, 0.3) is 5.91 Å². The zero-order valence-corrected chi connectivity index (χ0v) is 11.9. The number of nitrogens with zero attached hydrogens (tertiary/aromatic N) is 3. The normalized spacial score (nSPS) is 18.0. The molecule has 0 bridgehead atoms. The molecule has 1 N–H and O–H groups in total. The number of carbonyl (C=O) groups is 1. The molecule has 1 aliphatic heterocycles. The molecular formula is C16H17N3O2. The van der Waals surface area contributed by atoms with E-state index >= 15 is 0 Å². The fourth-order valence-electron chi connectivity index (χ4n) is 2.76. The van der Waals surface area contributed by atoms with Crippen molar-refractivity contribution in [1.29, 1.82) is 0 Å². The Labute approximate surface area is 123 Å². The summed E-state index contributed by atoms with van der Waals surface area (Å²) in [5, 5.41) is 9.82. The number of pyridine rings is 2. The predicted molar refractivity (Wildman–Crippen MR) is 77.9 cm³/mol. The van der Waals surface area contributed by atoms with Crippen LogP contribution in [0.3, 0.4) is 0 Å². The molecule has 1 aliphatic rings. The quantitative estimate of drug-likeness (QED) is 0.919. The lowest BCUT2D eigenvalue weighted by atomic mass is 10.1. The number of rotatable bonds is 2. The van der Waals surface area contributed by atoms with Crippen LogP contribution in [0, 0.1) is 6.92 Å². The van der Waals surface area contributed by atoms with E-state index in [0.717, 1.165) is 24.2 Å². The Morgan fingerprint density at radius 2 is 2.19 bits per heavy atom. The van der Waals surface area contributed by atoms with Crippen molar-refractivity contribution in [3.63, 3.8) is 0 Å². The Morgan fingerprint density at radius 3 is 2.95 bits per heavy atom. The molecule has 1 fully saturated rings. The molecular weight excluding hydrogens is 266 g/mol. The first-order chi connectivity index (χ1) is 10.2. The number of aromatic hydroxyl groups is 1. The third kappa shape index (κ3) is 2.59. The van der Waals surface area contributed by atoms with Crippen LogP contribution in [0.4, 0.5) is 0 Å². The zero-order valence-electron chi connectivity index (χ0n) is 11.9. The molecule has 2 aromatic heterocycles. The van der Waals surface area contributed by atoms with E-state index in [0.29, 0.717) is 6.54 Å². The van der Waals surface area contributed by atoms with Gasteiger partial charge in [-0.2, -0.15) is 0 Å². The third-order valence-electron chi connectivity index (χ3n) is 3.75. The Kier molecular flexibility index (Phi) is 3.56. The number of hydrogen-bond donors (Lipinski definition) is 1. The molecule has 1 amide bonds. The molecule has 0 radical (unpaired) electrons. The maximum atomic E-state index is 12.6. The molecule has 0 unspecified atom stereocenters. The second-order valence-corrected chi connectivity index (χ2v) is 5.23. The Balaban J connectivity index is 1.91. The first-order valence-electron chi connectivity index (χ1n) is 7.05. The van der Waals surface area contributed by atoms with Gasteiger partial charge in [0.15, 0.2) is 5.69 Å². The van der Waals surface area contributed by atoms with Gasteiger partial charge in [0.2, 0.25) is 0 Å². The predicted octanol–water partition coefficient (Wildman–Crippen LogP) is 2.47. The van der Waals surface area contributed by atoms with E-state index in [-0.39, 0.29) is 23.4 Å². The third-order valence-corrected chi connectivity index (χ3v) is 3.75.